The molecular weight excluding hydrogens is 342 g/mol. The molecule has 0 saturated carbocycles. The fourth-order valence-electron chi connectivity index (χ4n) is 0.991. The van der Waals surface area contributed by atoms with Gasteiger partial charge in [-0.3, -0.25) is 9.59 Å². The molecule has 4 nitrogen and oxygen atoms in total. The summed E-state index contributed by atoms with van der Waals surface area (Å²) in [7, 11) is 0. The molecule has 0 aliphatic carbocycles. The second kappa shape index (κ2) is 6.00. The number of carbonyl (C=O) groups is 2. The maximum Gasteiger partial charge on any atom is 0.318 e. The van der Waals surface area contributed by atoms with Gasteiger partial charge in [-0.15, -0.1) is 0 Å². The molecule has 1 aromatic carbocycles. The van der Waals surface area contributed by atoms with Crippen molar-refractivity contribution in [3.8, 4) is 0 Å². The van der Waals surface area contributed by atoms with Gasteiger partial charge >= 0.3 is 5.97 Å². The molecule has 0 radical (unpaired) electrons. The lowest BCUT2D eigenvalue weighted by atomic mass is 10.2. The lowest BCUT2D eigenvalue weighted by molar-refractivity contribution is -0.137. The third kappa shape index (κ3) is 3.61. The smallest absolute Gasteiger partial charge is 0.318 e. The number of amides is 1. The monoisotopic (exact) mass is 349 g/mol. The molecular formula is C10H9Br2NO3. The predicted molar refractivity (Wildman–Crippen MR) is 68.1 cm³/mol. The fraction of sp³-hybridized carbons (Fsp3) is 0.200. The van der Waals surface area contributed by atoms with Crippen LogP contribution in [-0.2, 0) is 9.59 Å². The Kier molecular flexibility index (Phi) is 4.95. The van der Waals surface area contributed by atoms with E-state index in [1.165, 1.54) is 0 Å². The number of benzene rings is 1. The molecule has 0 saturated heterocycles. The summed E-state index contributed by atoms with van der Waals surface area (Å²) in [6, 6.07) is 8.83. The summed E-state index contributed by atoms with van der Waals surface area (Å²) in [5.74, 6) is -1.50. The third-order valence-electron chi connectivity index (χ3n) is 1.78. The molecule has 0 bridgehead atoms. The first kappa shape index (κ1) is 13.2. The molecule has 2 N–H and O–H groups in total. The number of halogens is 2. The summed E-state index contributed by atoms with van der Waals surface area (Å²) < 4.78 is 0. The number of hydrogen-bond acceptors (Lipinski definition) is 2. The van der Waals surface area contributed by atoms with Gasteiger partial charge in [-0.1, -0.05) is 50.1 Å². The number of carbonyl (C=O) groups excluding carboxylic acids is 1. The number of aliphatic carboxylic acids is 1. The molecule has 0 heterocycles. The van der Waals surface area contributed by atoms with Crippen LogP contribution in [0.5, 0.6) is 0 Å². The van der Waals surface area contributed by atoms with Gasteiger partial charge in [-0.2, -0.15) is 0 Å². The molecule has 1 aromatic rings. The van der Waals surface area contributed by atoms with Gasteiger partial charge in [0.25, 0.3) is 0 Å². The Morgan fingerprint density at radius 3 is 2.19 bits per heavy atom. The molecule has 0 spiro atoms. The highest BCUT2D eigenvalue weighted by Crippen LogP contribution is 2.17. The van der Waals surface area contributed by atoms with Crippen LogP contribution < -0.4 is 5.32 Å². The van der Waals surface area contributed by atoms with Crippen molar-refractivity contribution in [1.29, 1.82) is 0 Å². The van der Waals surface area contributed by atoms with Crippen LogP contribution in [0, 0.1) is 0 Å². The molecule has 1 rings (SSSR count). The Morgan fingerprint density at radius 1 is 1.12 bits per heavy atom. The van der Waals surface area contributed by atoms with Gasteiger partial charge in [0, 0.05) is 5.69 Å². The number of carboxylic acid groups (broad SMARTS) is 1. The van der Waals surface area contributed by atoms with Crippen LogP contribution in [0.1, 0.15) is 0 Å². The van der Waals surface area contributed by atoms with Crippen molar-refractivity contribution in [3.63, 3.8) is 0 Å². The molecule has 0 fully saturated rings. The largest absolute Gasteiger partial charge is 0.480 e. The van der Waals surface area contributed by atoms with Crippen molar-refractivity contribution >= 4 is 49.4 Å². The Morgan fingerprint density at radius 2 is 1.69 bits per heavy atom. The molecule has 16 heavy (non-hydrogen) atoms. The number of para-hydroxylation sites is 1. The minimum absolute atomic E-state index is 0.407. The highest BCUT2D eigenvalue weighted by Gasteiger charge is 2.29. The molecule has 1 amide bonds. The summed E-state index contributed by atoms with van der Waals surface area (Å²) in [6.07, 6.45) is 0. The molecule has 0 unspecified atom stereocenters. The van der Waals surface area contributed by atoms with E-state index in [2.05, 4.69) is 37.2 Å². The lowest BCUT2D eigenvalue weighted by Gasteiger charge is -2.12. The van der Waals surface area contributed by atoms with Crippen molar-refractivity contribution in [2.75, 3.05) is 5.32 Å². The van der Waals surface area contributed by atoms with Crippen LogP contribution in [0.15, 0.2) is 30.3 Å². The van der Waals surface area contributed by atoms with E-state index in [-0.39, 0.29) is 0 Å². The molecule has 86 valence electrons. The minimum Gasteiger partial charge on any atom is -0.480 e. The van der Waals surface area contributed by atoms with Crippen LogP contribution in [0.4, 0.5) is 5.69 Å². The van der Waals surface area contributed by atoms with E-state index in [0.717, 1.165) is 0 Å². The van der Waals surface area contributed by atoms with Gasteiger partial charge < -0.3 is 10.4 Å². The topological polar surface area (TPSA) is 66.4 Å². The first-order valence-electron chi connectivity index (χ1n) is 4.39. The van der Waals surface area contributed by atoms with E-state index in [4.69, 9.17) is 5.11 Å². The number of alkyl halides is 2. The maximum absolute atomic E-state index is 11.6. The Bertz CT molecular complexity index is 383. The van der Waals surface area contributed by atoms with Crippen LogP contribution in [-0.4, -0.2) is 26.6 Å². The van der Waals surface area contributed by atoms with E-state index < -0.39 is 21.5 Å². The van der Waals surface area contributed by atoms with E-state index in [1.807, 2.05) is 6.07 Å². The van der Waals surface area contributed by atoms with E-state index >= 15 is 0 Å². The molecule has 2 atom stereocenters. The van der Waals surface area contributed by atoms with Crippen LogP contribution in [0.3, 0.4) is 0 Å². The zero-order chi connectivity index (χ0) is 12.1. The first-order chi connectivity index (χ1) is 7.52. The highest BCUT2D eigenvalue weighted by molar-refractivity contribution is 9.12. The number of carboxylic acids is 1. The van der Waals surface area contributed by atoms with Crippen molar-refractivity contribution in [2.24, 2.45) is 0 Å². The average molecular weight is 351 g/mol. The normalized spacial score (nSPS) is 13.9. The minimum atomic E-state index is -1.09. The molecule has 6 heteroatoms. The van der Waals surface area contributed by atoms with E-state index in [0.29, 0.717) is 5.69 Å². The van der Waals surface area contributed by atoms with Gasteiger partial charge in [0.05, 0.1) is 0 Å². The Labute approximate surface area is 109 Å². The van der Waals surface area contributed by atoms with Crippen molar-refractivity contribution in [1.82, 2.24) is 0 Å². The van der Waals surface area contributed by atoms with Crippen LogP contribution in [0.25, 0.3) is 0 Å². The Hall–Kier alpha value is -0.880. The van der Waals surface area contributed by atoms with Gasteiger partial charge in [-0.25, -0.2) is 0 Å². The van der Waals surface area contributed by atoms with Gasteiger partial charge in [0.15, 0.2) is 0 Å². The van der Waals surface area contributed by atoms with Gasteiger partial charge in [0.2, 0.25) is 5.91 Å². The summed E-state index contributed by atoms with van der Waals surface area (Å²) in [6.45, 7) is 0. The first-order valence-corrected chi connectivity index (χ1v) is 6.22. The number of nitrogens with one attached hydrogen (secondary N) is 1. The van der Waals surface area contributed by atoms with Crippen molar-refractivity contribution in [3.05, 3.63) is 30.3 Å². The summed E-state index contributed by atoms with van der Waals surface area (Å²) in [5.41, 5.74) is 0.627. The second-order valence-corrected chi connectivity index (χ2v) is 4.97. The predicted octanol–water partition coefficient (Wildman–Crippen LogP) is 2.24. The number of hydrogen-bond donors (Lipinski definition) is 2. The highest BCUT2D eigenvalue weighted by atomic mass is 79.9. The van der Waals surface area contributed by atoms with Gasteiger partial charge in [0.1, 0.15) is 9.65 Å². The standard InChI is InChI=1S/C10H9Br2NO3/c11-7(8(12)10(15)16)9(14)13-6-4-2-1-3-5-6/h1-5,7-8H,(H,13,14)(H,15,16)/t7-,8+/m1/s1. The van der Waals surface area contributed by atoms with Crippen LogP contribution in [0.2, 0.25) is 0 Å². The molecule has 0 aromatic heterocycles. The fourth-order valence-corrected chi connectivity index (χ4v) is 1.57. The van der Waals surface area contributed by atoms with Crippen molar-refractivity contribution in [2.45, 2.75) is 9.65 Å². The molecule has 0 aliphatic rings. The SMILES string of the molecule is O=C(O)[C@@H](Br)[C@@H](Br)C(=O)Nc1ccccc1. The van der Waals surface area contributed by atoms with E-state index in [1.54, 1.807) is 24.3 Å². The van der Waals surface area contributed by atoms with Crippen molar-refractivity contribution < 1.29 is 14.7 Å². The summed E-state index contributed by atoms with van der Waals surface area (Å²) in [5, 5.41) is 11.3. The zero-order valence-corrected chi connectivity index (χ0v) is 11.2. The average Bonchev–Trinajstić information content (AvgIpc) is 2.28. The quantitative estimate of drug-likeness (QED) is 0.818. The maximum atomic E-state index is 11.6. The Balaban J connectivity index is 2.63. The number of rotatable bonds is 4. The summed E-state index contributed by atoms with van der Waals surface area (Å²) >= 11 is 5.94. The zero-order valence-electron chi connectivity index (χ0n) is 8.06. The third-order valence-corrected chi connectivity index (χ3v) is 4.36. The van der Waals surface area contributed by atoms with E-state index in [9.17, 15) is 9.59 Å². The molecule has 0 aliphatic heterocycles. The number of anilines is 1. The lowest BCUT2D eigenvalue weighted by Crippen LogP contribution is -2.34. The van der Waals surface area contributed by atoms with Crippen LogP contribution >= 0.6 is 31.9 Å². The second-order valence-electron chi connectivity index (χ2n) is 3.00. The van der Waals surface area contributed by atoms with Gasteiger partial charge in [-0.05, 0) is 12.1 Å². The summed E-state index contributed by atoms with van der Waals surface area (Å²) in [4.78, 5) is 20.5.